The molecule has 0 radical (unpaired) electrons. The maximum absolute atomic E-state index is 9.74. The Bertz CT molecular complexity index is 1180. The normalized spacial score (nSPS) is 13.7. The van der Waals surface area contributed by atoms with Gasteiger partial charge in [-0.15, -0.1) is 0 Å². The molecule has 0 bridgehead atoms. The summed E-state index contributed by atoms with van der Waals surface area (Å²) in [5.74, 6) is 0. The van der Waals surface area contributed by atoms with Crippen LogP contribution in [0.5, 0.6) is 0 Å². The van der Waals surface area contributed by atoms with Gasteiger partial charge in [-0.05, 0) is 69.5 Å². The van der Waals surface area contributed by atoms with Gasteiger partial charge in [-0.25, -0.2) is 0 Å². The van der Waals surface area contributed by atoms with Gasteiger partial charge in [0.2, 0.25) is 0 Å². The number of hydrogen-bond donors (Lipinski definition) is 2. The molecule has 2 heteroatoms. The van der Waals surface area contributed by atoms with Gasteiger partial charge in [0.05, 0.1) is 18.6 Å². The molecule has 1 aliphatic rings. The van der Waals surface area contributed by atoms with Gasteiger partial charge in [-0.3, -0.25) is 0 Å². The van der Waals surface area contributed by atoms with E-state index in [0.717, 1.165) is 22.3 Å². The largest absolute Gasteiger partial charge is 0.392 e. The molecule has 154 valence electrons. The maximum Gasteiger partial charge on any atom is 0.0713 e. The zero-order valence-electron chi connectivity index (χ0n) is 17.9. The predicted molar refractivity (Wildman–Crippen MR) is 125 cm³/mol. The van der Waals surface area contributed by atoms with Gasteiger partial charge < -0.3 is 10.2 Å². The first-order valence-electron chi connectivity index (χ1n) is 10.7. The van der Waals surface area contributed by atoms with Crippen molar-refractivity contribution < 1.29 is 10.2 Å². The van der Waals surface area contributed by atoms with Crippen LogP contribution in [0.25, 0.3) is 11.1 Å². The second kappa shape index (κ2) is 7.49. The Morgan fingerprint density at radius 3 is 1.39 bits per heavy atom. The average molecular weight is 407 g/mol. The van der Waals surface area contributed by atoms with Crippen LogP contribution >= 0.6 is 0 Å². The first-order valence-corrected chi connectivity index (χ1v) is 10.7. The molecule has 31 heavy (non-hydrogen) atoms. The van der Waals surface area contributed by atoms with Crippen molar-refractivity contribution in [1.29, 1.82) is 0 Å². The summed E-state index contributed by atoms with van der Waals surface area (Å²) in [5.41, 5.74) is 11.0. The summed E-state index contributed by atoms with van der Waals surface area (Å²) in [4.78, 5) is 0. The van der Waals surface area contributed by atoms with Gasteiger partial charge in [-0.2, -0.15) is 0 Å². The van der Waals surface area contributed by atoms with Crippen LogP contribution in [0.3, 0.4) is 0 Å². The zero-order chi connectivity index (χ0) is 21.6. The fraction of sp³-hybridized carbons (Fsp3) is 0.172. The lowest BCUT2D eigenvalue weighted by atomic mass is 9.67. The van der Waals surface area contributed by atoms with E-state index in [9.17, 15) is 10.2 Å². The van der Waals surface area contributed by atoms with E-state index in [4.69, 9.17) is 0 Å². The maximum atomic E-state index is 9.74. The zero-order valence-corrected chi connectivity index (χ0v) is 17.9. The summed E-state index contributed by atoms with van der Waals surface area (Å²) < 4.78 is 0. The predicted octanol–water partition coefficient (Wildman–Crippen LogP) is 5.65. The first-order chi connectivity index (χ1) is 15.1. The minimum absolute atomic E-state index is 0.0383. The monoisotopic (exact) mass is 406 g/mol. The van der Waals surface area contributed by atoms with E-state index < -0.39 is 5.41 Å². The summed E-state index contributed by atoms with van der Waals surface area (Å²) in [5, 5.41) is 19.5. The number of hydrogen-bond acceptors (Lipinski definition) is 2. The van der Waals surface area contributed by atoms with Crippen LogP contribution < -0.4 is 0 Å². The number of aliphatic hydroxyl groups excluding tert-OH is 2. The molecule has 4 aromatic carbocycles. The smallest absolute Gasteiger partial charge is 0.0713 e. The Morgan fingerprint density at radius 1 is 0.581 bits per heavy atom. The molecule has 0 saturated heterocycles. The second-order valence-corrected chi connectivity index (χ2v) is 8.44. The molecule has 2 N–H and O–H groups in total. The van der Waals surface area contributed by atoms with Crippen LogP contribution in [0, 0.1) is 13.8 Å². The van der Waals surface area contributed by atoms with Crippen molar-refractivity contribution in [3.63, 3.8) is 0 Å². The summed E-state index contributed by atoms with van der Waals surface area (Å²) >= 11 is 0. The van der Waals surface area contributed by atoms with Crippen LogP contribution in [0.2, 0.25) is 0 Å². The number of rotatable bonds is 4. The fourth-order valence-corrected chi connectivity index (χ4v) is 5.24. The molecule has 2 nitrogen and oxygen atoms in total. The Labute approximate surface area is 183 Å². The Morgan fingerprint density at radius 2 is 1.00 bits per heavy atom. The molecule has 0 saturated carbocycles. The van der Waals surface area contributed by atoms with Crippen molar-refractivity contribution in [2.24, 2.45) is 0 Å². The summed E-state index contributed by atoms with van der Waals surface area (Å²) in [7, 11) is 0. The Balaban J connectivity index is 1.92. The van der Waals surface area contributed by atoms with E-state index in [2.05, 4.69) is 86.6 Å². The molecule has 0 spiro atoms. The highest BCUT2D eigenvalue weighted by molar-refractivity contribution is 5.86. The Hall–Kier alpha value is -3.20. The lowest BCUT2D eigenvalue weighted by Crippen LogP contribution is -2.29. The van der Waals surface area contributed by atoms with Crippen molar-refractivity contribution >= 4 is 0 Å². The van der Waals surface area contributed by atoms with E-state index in [1.165, 1.54) is 33.4 Å². The van der Waals surface area contributed by atoms with Crippen molar-refractivity contribution in [2.45, 2.75) is 32.5 Å². The molecule has 4 aromatic rings. The molecule has 0 unspecified atom stereocenters. The Kier molecular flexibility index (Phi) is 4.77. The van der Waals surface area contributed by atoms with Gasteiger partial charge in [-0.1, -0.05) is 84.9 Å². The molecule has 5 rings (SSSR count). The highest BCUT2D eigenvalue weighted by atomic mass is 16.3. The highest BCUT2D eigenvalue weighted by Crippen LogP contribution is 2.56. The van der Waals surface area contributed by atoms with Crippen LogP contribution in [0.1, 0.15) is 44.5 Å². The summed E-state index contributed by atoms with van der Waals surface area (Å²) in [6.07, 6.45) is 0. The van der Waals surface area contributed by atoms with E-state index in [1.54, 1.807) is 0 Å². The van der Waals surface area contributed by atoms with E-state index in [1.807, 2.05) is 12.1 Å². The van der Waals surface area contributed by atoms with Gasteiger partial charge in [0.1, 0.15) is 0 Å². The number of fused-ring (bicyclic) bond motifs is 3. The summed E-state index contributed by atoms with van der Waals surface area (Å²) in [6, 6.07) is 30.2. The van der Waals surface area contributed by atoms with Gasteiger partial charge >= 0.3 is 0 Å². The lowest BCUT2D eigenvalue weighted by Gasteiger charge is -2.34. The third kappa shape index (κ3) is 2.79. The molecular formula is C29H26O2. The molecule has 1 aliphatic carbocycles. The summed E-state index contributed by atoms with van der Waals surface area (Å²) in [6.45, 7) is 4.21. The van der Waals surface area contributed by atoms with Crippen LogP contribution in [-0.2, 0) is 18.6 Å². The molecule has 0 amide bonds. The minimum Gasteiger partial charge on any atom is -0.392 e. The van der Waals surface area contributed by atoms with Gasteiger partial charge in [0.25, 0.3) is 0 Å². The van der Waals surface area contributed by atoms with Crippen molar-refractivity contribution in [1.82, 2.24) is 0 Å². The highest BCUT2D eigenvalue weighted by Gasteiger charge is 2.46. The van der Waals surface area contributed by atoms with Crippen molar-refractivity contribution in [2.75, 3.05) is 0 Å². The standard InChI is InChI=1S/C29H26O2/c1-19-15-23(13-11-21(19)17-30)29(24-14-12-22(18-31)20(2)16-24)27-9-5-3-7-25(27)26-8-4-6-10-28(26)29/h3-16,30-31H,17-18H2,1-2H3. The van der Waals surface area contributed by atoms with Crippen molar-refractivity contribution in [3.8, 4) is 11.1 Å². The van der Waals surface area contributed by atoms with Crippen LogP contribution in [-0.4, -0.2) is 10.2 Å². The van der Waals surface area contributed by atoms with Crippen LogP contribution in [0.15, 0.2) is 84.9 Å². The van der Waals surface area contributed by atoms with Crippen LogP contribution in [0.4, 0.5) is 0 Å². The molecule has 0 atom stereocenters. The number of aliphatic hydroxyl groups is 2. The molecule has 0 aliphatic heterocycles. The molecular weight excluding hydrogens is 380 g/mol. The quantitative estimate of drug-likeness (QED) is 0.405. The molecule has 0 aromatic heterocycles. The lowest BCUT2D eigenvalue weighted by molar-refractivity contribution is 0.281. The third-order valence-corrected chi connectivity index (χ3v) is 6.84. The van der Waals surface area contributed by atoms with E-state index in [0.29, 0.717) is 0 Å². The van der Waals surface area contributed by atoms with Gasteiger partial charge in [0, 0.05) is 0 Å². The second-order valence-electron chi connectivity index (χ2n) is 8.44. The molecule has 0 heterocycles. The number of aryl methyl sites for hydroxylation is 2. The fourth-order valence-electron chi connectivity index (χ4n) is 5.24. The van der Waals surface area contributed by atoms with Crippen molar-refractivity contribution in [3.05, 3.63) is 129 Å². The van der Waals surface area contributed by atoms with E-state index >= 15 is 0 Å². The molecule has 0 fully saturated rings. The van der Waals surface area contributed by atoms with Gasteiger partial charge in [0.15, 0.2) is 0 Å². The minimum atomic E-state index is -0.454. The first kappa shape index (κ1) is 19.7. The third-order valence-electron chi connectivity index (χ3n) is 6.84. The van der Waals surface area contributed by atoms with E-state index in [-0.39, 0.29) is 13.2 Å². The topological polar surface area (TPSA) is 40.5 Å². The SMILES string of the molecule is Cc1cc(C2(c3ccc(CO)c(C)c3)c3ccccc3-c3ccccc32)ccc1CO. The average Bonchev–Trinajstić information content (AvgIpc) is 3.10. The number of benzene rings is 4.